The van der Waals surface area contributed by atoms with Gasteiger partial charge in [-0.25, -0.2) is 5.01 Å². The number of nitrogens with one attached hydrogen (secondary N) is 1. The lowest BCUT2D eigenvalue weighted by Crippen LogP contribution is -2.45. The number of phenols is 1. The Balaban J connectivity index is 1.86. The van der Waals surface area contributed by atoms with E-state index in [0.29, 0.717) is 21.6 Å². The zero-order chi connectivity index (χ0) is 19.0. The molecule has 2 N–H and O–H groups in total. The Hall–Kier alpha value is -1.65. The van der Waals surface area contributed by atoms with E-state index in [2.05, 4.69) is 37.3 Å². The van der Waals surface area contributed by atoms with Gasteiger partial charge in [-0.2, -0.15) is 0 Å². The molecule has 0 aliphatic carbocycles. The molecular formula is C16H15Br2N3O4S. The molecule has 26 heavy (non-hydrogen) atoms. The first-order valence-corrected chi connectivity index (χ1v) is 10.1. The average Bonchev–Trinajstić information content (AvgIpc) is 3.10. The molecule has 1 aliphatic rings. The SMILES string of the molecule is COc1ccc(C2SCC(=O)N2NC(=O)c2cc(Br)c(Br)n2C)c(O)c1. The molecule has 1 aromatic carbocycles. The summed E-state index contributed by atoms with van der Waals surface area (Å²) in [6, 6.07) is 6.51. The number of halogens is 2. The van der Waals surface area contributed by atoms with Crippen molar-refractivity contribution >= 4 is 55.4 Å². The molecule has 138 valence electrons. The number of benzene rings is 1. The van der Waals surface area contributed by atoms with Crippen LogP contribution in [0.25, 0.3) is 0 Å². The zero-order valence-corrected chi connectivity index (χ0v) is 17.8. The molecule has 0 spiro atoms. The van der Waals surface area contributed by atoms with Gasteiger partial charge >= 0.3 is 0 Å². The van der Waals surface area contributed by atoms with Gasteiger partial charge in [-0.3, -0.25) is 15.0 Å². The van der Waals surface area contributed by atoms with E-state index in [4.69, 9.17) is 4.74 Å². The van der Waals surface area contributed by atoms with Crippen molar-refractivity contribution in [3.63, 3.8) is 0 Å². The normalized spacial score (nSPS) is 16.8. The number of hydrazine groups is 1. The average molecular weight is 505 g/mol. The van der Waals surface area contributed by atoms with Crippen LogP contribution in [0.1, 0.15) is 21.4 Å². The number of hydrogen-bond donors (Lipinski definition) is 2. The van der Waals surface area contributed by atoms with Crippen LogP contribution < -0.4 is 10.2 Å². The summed E-state index contributed by atoms with van der Waals surface area (Å²) < 4.78 is 8.19. The van der Waals surface area contributed by atoms with E-state index in [9.17, 15) is 14.7 Å². The number of rotatable bonds is 4. The molecule has 3 rings (SSSR count). The van der Waals surface area contributed by atoms with Gasteiger partial charge in [0, 0.05) is 18.7 Å². The summed E-state index contributed by atoms with van der Waals surface area (Å²) in [5.74, 6) is 0.0511. The third kappa shape index (κ3) is 3.45. The Bertz CT molecular complexity index is 887. The summed E-state index contributed by atoms with van der Waals surface area (Å²) in [6.45, 7) is 0. The van der Waals surface area contributed by atoms with Crippen molar-refractivity contribution in [1.82, 2.24) is 15.0 Å². The van der Waals surface area contributed by atoms with Gasteiger partial charge in [-0.05, 0) is 50.1 Å². The molecule has 1 aromatic heterocycles. The van der Waals surface area contributed by atoms with Crippen LogP contribution in [0.4, 0.5) is 0 Å². The number of aromatic nitrogens is 1. The molecule has 1 atom stereocenters. The van der Waals surface area contributed by atoms with E-state index in [-0.39, 0.29) is 17.4 Å². The minimum absolute atomic E-state index is 0.000143. The van der Waals surface area contributed by atoms with Gasteiger partial charge < -0.3 is 14.4 Å². The first-order valence-electron chi connectivity index (χ1n) is 7.45. The highest BCUT2D eigenvalue weighted by atomic mass is 79.9. The molecule has 1 unspecified atom stereocenters. The minimum atomic E-state index is -0.524. The van der Waals surface area contributed by atoms with Crippen LogP contribution in [-0.2, 0) is 11.8 Å². The van der Waals surface area contributed by atoms with Crippen molar-refractivity contribution in [2.45, 2.75) is 5.37 Å². The van der Waals surface area contributed by atoms with E-state index in [1.54, 1.807) is 29.8 Å². The van der Waals surface area contributed by atoms with Crippen LogP contribution in [0.15, 0.2) is 33.3 Å². The van der Waals surface area contributed by atoms with E-state index in [1.165, 1.54) is 29.9 Å². The fourth-order valence-electron chi connectivity index (χ4n) is 2.56. The predicted octanol–water partition coefficient (Wildman–Crippen LogP) is 3.18. The standard InChI is InChI=1S/C16H15Br2N3O4S/c1-20-11(6-10(17)14(20)18)15(24)19-21-13(23)7-26-16(21)9-4-3-8(25-2)5-12(9)22/h3-6,16,22H,7H2,1-2H3,(H,19,24). The molecular weight excluding hydrogens is 490 g/mol. The van der Waals surface area contributed by atoms with E-state index < -0.39 is 11.3 Å². The van der Waals surface area contributed by atoms with Crippen LogP contribution in [0.3, 0.4) is 0 Å². The molecule has 2 aromatic rings. The van der Waals surface area contributed by atoms with Gasteiger partial charge in [0.2, 0.25) is 0 Å². The van der Waals surface area contributed by atoms with Crippen molar-refractivity contribution < 1.29 is 19.4 Å². The summed E-state index contributed by atoms with van der Waals surface area (Å²) in [6.07, 6.45) is 0. The predicted molar refractivity (Wildman–Crippen MR) is 105 cm³/mol. The number of methoxy groups -OCH3 is 1. The Morgan fingerprint density at radius 3 is 2.69 bits per heavy atom. The highest BCUT2D eigenvalue weighted by molar-refractivity contribution is 9.13. The van der Waals surface area contributed by atoms with E-state index in [1.807, 2.05) is 0 Å². The lowest BCUT2D eigenvalue weighted by Gasteiger charge is -2.25. The van der Waals surface area contributed by atoms with E-state index in [0.717, 1.165) is 4.47 Å². The molecule has 10 heteroatoms. The quantitative estimate of drug-likeness (QED) is 0.668. The smallest absolute Gasteiger partial charge is 0.286 e. The van der Waals surface area contributed by atoms with Gasteiger partial charge in [-0.15, -0.1) is 11.8 Å². The fraction of sp³-hybridized carbons (Fsp3) is 0.250. The summed E-state index contributed by atoms with van der Waals surface area (Å²) in [4.78, 5) is 24.9. The number of carbonyl (C=O) groups excluding carboxylic acids is 2. The molecule has 1 fully saturated rings. The topological polar surface area (TPSA) is 83.8 Å². The highest BCUT2D eigenvalue weighted by Gasteiger charge is 2.36. The Morgan fingerprint density at radius 1 is 1.38 bits per heavy atom. The van der Waals surface area contributed by atoms with Crippen molar-refractivity contribution in [1.29, 1.82) is 0 Å². The Labute approximate surface area is 170 Å². The summed E-state index contributed by atoms with van der Waals surface area (Å²) in [5.41, 5.74) is 3.55. The maximum Gasteiger partial charge on any atom is 0.286 e. The van der Waals surface area contributed by atoms with Crippen LogP contribution in [0.2, 0.25) is 0 Å². The maximum absolute atomic E-state index is 12.6. The van der Waals surface area contributed by atoms with Gasteiger partial charge in [-0.1, -0.05) is 0 Å². The minimum Gasteiger partial charge on any atom is -0.507 e. The molecule has 2 heterocycles. The molecule has 0 bridgehead atoms. The molecule has 7 nitrogen and oxygen atoms in total. The number of carbonyl (C=O) groups is 2. The summed E-state index contributed by atoms with van der Waals surface area (Å²) in [7, 11) is 3.24. The highest BCUT2D eigenvalue weighted by Crippen LogP contribution is 2.42. The molecule has 0 saturated carbocycles. The lowest BCUT2D eigenvalue weighted by atomic mass is 10.2. The van der Waals surface area contributed by atoms with Gasteiger partial charge in [0.15, 0.2) is 0 Å². The second kappa shape index (κ2) is 7.53. The zero-order valence-electron chi connectivity index (χ0n) is 13.8. The number of hydrogen-bond acceptors (Lipinski definition) is 5. The summed E-state index contributed by atoms with van der Waals surface area (Å²) in [5, 5.41) is 11.0. The first-order chi connectivity index (χ1) is 12.3. The van der Waals surface area contributed by atoms with E-state index >= 15 is 0 Å². The Morgan fingerprint density at radius 2 is 2.12 bits per heavy atom. The third-order valence-corrected chi connectivity index (χ3v) is 7.23. The second-order valence-corrected chi connectivity index (χ2v) is 8.19. The number of thioether (sulfide) groups is 1. The number of aromatic hydroxyl groups is 1. The molecule has 2 amide bonds. The molecule has 1 aliphatic heterocycles. The fourth-order valence-corrected chi connectivity index (χ4v) is 4.49. The van der Waals surface area contributed by atoms with Gasteiger partial charge in [0.1, 0.15) is 22.6 Å². The monoisotopic (exact) mass is 503 g/mol. The number of nitrogens with zero attached hydrogens (tertiary/aromatic N) is 2. The maximum atomic E-state index is 12.6. The van der Waals surface area contributed by atoms with Crippen LogP contribution in [0, 0.1) is 0 Å². The number of phenolic OH excluding ortho intramolecular Hbond substituents is 1. The third-order valence-electron chi connectivity index (χ3n) is 3.94. The van der Waals surface area contributed by atoms with Crippen molar-refractivity contribution in [3.05, 3.63) is 44.6 Å². The first kappa shape index (κ1) is 19.1. The largest absolute Gasteiger partial charge is 0.507 e. The summed E-state index contributed by atoms with van der Waals surface area (Å²) >= 11 is 8.05. The van der Waals surface area contributed by atoms with Crippen LogP contribution >= 0.6 is 43.6 Å². The van der Waals surface area contributed by atoms with Gasteiger partial charge in [0.05, 0.1) is 21.9 Å². The number of ether oxygens (including phenoxy) is 1. The second-order valence-electron chi connectivity index (χ2n) is 5.52. The van der Waals surface area contributed by atoms with Crippen LogP contribution in [0.5, 0.6) is 11.5 Å². The lowest BCUT2D eigenvalue weighted by molar-refractivity contribution is -0.130. The van der Waals surface area contributed by atoms with Crippen LogP contribution in [-0.4, -0.2) is 39.4 Å². The van der Waals surface area contributed by atoms with Crippen molar-refractivity contribution in [2.24, 2.45) is 7.05 Å². The molecule has 0 radical (unpaired) electrons. The molecule has 1 saturated heterocycles. The number of amides is 2. The van der Waals surface area contributed by atoms with Gasteiger partial charge in [0.25, 0.3) is 11.8 Å². The van der Waals surface area contributed by atoms with Crippen molar-refractivity contribution in [2.75, 3.05) is 12.9 Å². The van der Waals surface area contributed by atoms with Crippen molar-refractivity contribution in [3.8, 4) is 11.5 Å². The Kier molecular flexibility index (Phi) is 5.54.